The van der Waals surface area contributed by atoms with Gasteiger partial charge in [0.15, 0.2) is 5.78 Å². The monoisotopic (exact) mass is 182 g/mol. The van der Waals surface area contributed by atoms with E-state index in [1.807, 2.05) is 13.8 Å². The van der Waals surface area contributed by atoms with Gasteiger partial charge in [-0.3, -0.25) is 9.59 Å². The molecule has 1 aliphatic heterocycles. The fourth-order valence-corrected chi connectivity index (χ4v) is 1.42. The number of ketones is 1. The second kappa shape index (κ2) is 3.32. The molecule has 1 heterocycles. The normalized spacial score (nSPS) is 25.4. The topological polar surface area (TPSA) is 43.4 Å². The summed E-state index contributed by atoms with van der Waals surface area (Å²) >= 11 is 0. The van der Waals surface area contributed by atoms with Crippen molar-refractivity contribution in [2.45, 2.75) is 20.3 Å². The van der Waals surface area contributed by atoms with Crippen LogP contribution in [0.2, 0.25) is 0 Å². The maximum absolute atomic E-state index is 11.2. The highest BCUT2D eigenvalue weighted by atomic mass is 16.5. The molecule has 1 fully saturated rings. The van der Waals surface area contributed by atoms with Gasteiger partial charge in [0.1, 0.15) is 0 Å². The molecule has 72 valence electrons. The van der Waals surface area contributed by atoms with Crippen LogP contribution in [0.1, 0.15) is 20.3 Å². The first-order chi connectivity index (χ1) is 5.97. The summed E-state index contributed by atoms with van der Waals surface area (Å²) in [5, 5.41) is 0. The molecule has 0 bridgehead atoms. The third-order valence-corrected chi connectivity index (χ3v) is 2.45. The summed E-state index contributed by atoms with van der Waals surface area (Å²) < 4.78 is 4.90. The first-order valence-electron chi connectivity index (χ1n) is 4.29. The third kappa shape index (κ3) is 1.97. The van der Waals surface area contributed by atoms with Crippen LogP contribution in [0.3, 0.4) is 0 Å². The van der Waals surface area contributed by atoms with E-state index in [2.05, 4.69) is 6.58 Å². The molecule has 0 N–H and O–H groups in total. The van der Waals surface area contributed by atoms with Crippen LogP contribution in [0.15, 0.2) is 12.7 Å². The fourth-order valence-electron chi connectivity index (χ4n) is 1.42. The minimum atomic E-state index is -0.307. The zero-order chi connectivity index (χ0) is 10.1. The number of hydrogen-bond donors (Lipinski definition) is 0. The van der Waals surface area contributed by atoms with E-state index in [-0.39, 0.29) is 29.5 Å². The van der Waals surface area contributed by atoms with Crippen LogP contribution < -0.4 is 0 Å². The Kier molecular flexibility index (Phi) is 2.55. The summed E-state index contributed by atoms with van der Waals surface area (Å²) in [6.45, 7) is 7.64. The number of esters is 1. The number of carbonyl (C=O) groups is 2. The smallest absolute Gasteiger partial charge is 0.310 e. The first kappa shape index (κ1) is 9.96. The van der Waals surface area contributed by atoms with Crippen molar-refractivity contribution in [1.29, 1.82) is 0 Å². The van der Waals surface area contributed by atoms with E-state index < -0.39 is 0 Å². The summed E-state index contributed by atoms with van der Waals surface area (Å²) in [5.41, 5.74) is -0.226. The van der Waals surface area contributed by atoms with Gasteiger partial charge in [0, 0.05) is 11.8 Å². The Balaban J connectivity index is 2.71. The minimum absolute atomic E-state index is 0.100. The van der Waals surface area contributed by atoms with Crippen LogP contribution in [0.25, 0.3) is 0 Å². The molecule has 0 aliphatic carbocycles. The molecule has 0 aromatic heterocycles. The molecule has 13 heavy (non-hydrogen) atoms. The molecule has 3 heteroatoms. The highest BCUT2D eigenvalue weighted by Crippen LogP contribution is 2.36. The first-order valence-corrected chi connectivity index (χ1v) is 4.29. The lowest BCUT2D eigenvalue weighted by atomic mass is 9.79. The SMILES string of the molecule is C=CC(=O)C[C@H]1C(=O)OCC1(C)C. The lowest BCUT2D eigenvalue weighted by Crippen LogP contribution is -2.26. The van der Waals surface area contributed by atoms with E-state index in [0.717, 1.165) is 0 Å². The van der Waals surface area contributed by atoms with Crippen molar-refractivity contribution in [3.63, 3.8) is 0 Å². The van der Waals surface area contributed by atoms with E-state index in [9.17, 15) is 9.59 Å². The predicted molar refractivity (Wildman–Crippen MR) is 48.1 cm³/mol. The maximum atomic E-state index is 11.2. The molecule has 0 amide bonds. The van der Waals surface area contributed by atoms with E-state index in [1.54, 1.807) is 0 Å². The van der Waals surface area contributed by atoms with Gasteiger partial charge in [-0.25, -0.2) is 0 Å². The molecule has 0 spiro atoms. The molecule has 0 unspecified atom stereocenters. The Bertz CT molecular complexity index is 253. The number of cyclic esters (lactones) is 1. The largest absolute Gasteiger partial charge is 0.465 e. The van der Waals surface area contributed by atoms with Crippen LogP contribution in [0.5, 0.6) is 0 Å². The molecule has 0 aromatic carbocycles. The van der Waals surface area contributed by atoms with Gasteiger partial charge in [-0.05, 0) is 6.08 Å². The van der Waals surface area contributed by atoms with Gasteiger partial charge in [0.05, 0.1) is 12.5 Å². The molecule has 3 nitrogen and oxygen atoms in total. The van der Waals surface area contributed by atoms with Gasteiger partial charge in [-0.2, -0.15) is 0 Å². The maximum Gasteiger partial charge on any atom is 0.310 e. The average molecular weight is 182 g/mol. The number of carbonyl (C=O) groups excluding carboxylic acids is 2. The fraction of sp³-hybridized carbons (Fsp3) is 0.600. The van der Waals surface area contributed by atoms with Crippen molar-refractivity contribution in [2.75, 3.05) is 6.61 Å². The number of allylic oxidation sites excluding steroid dienone is 1. The van der Waals surface area contributed by atoms with Crippen molar-refractivity contribution in [3.05, 3.63) is 12.7 Å². The average Bonchev–Trinajstić information content (AvgIpc) is 2.31. The van der Waals surface area contributed by atoms with Crippen LogP contribution in [0.4, 0.5) is 0 Å². The van der Waals surface area contributed by atoms with Gasteiger partial charge in [-0.15, -0.1) is 0 Å². The van der Waals surface area contributed by atoms with Crippen molar-refractivity contribution in [2.24, 2.45) is 11.3 Å². The Morgan fingerprint density at radius 3 is 2.77 bits per heavy atom. The van der Waals surface area contributed by atoms with Gasteiger partial charge in [0.2, 0.25) is 0 Å². The minimum Gasteiger partial charge on any atom is -0.465 e. The van der Waals surface area contributed by atoms with Crippen LogP contribution in [-0.4, -0.2) is 18.4 Å². The highest BCUT2D eigenvalue weighted by Gasteiger charge is 2.43. The lowest BCUT2D eigenvalue weighted by molar-refractivity contribution is -0.142. The predicted octanol–water partition coefficient (Wildman–Crippen LogP) is 1.33. The van der Waals surface area contributed by atoms with Crippen LogP contribution in [0, 0.1) is 11.3 Å². The molecular weight excluding hydrogens is 168 g/mol. The number of rotatable bonds is 3. The quantitative estimate of drug-likeness (QED) is 0.488. The van der Waals surface area contributed by atoms with Crippen LogP contribution in [-0.2, 0) is 14.3 Å². The molecule has 0 radical (unpaired) electrons. The molecule has 0 aromatic rings. The van der Waals surface area contributed by atoms with Gasteiger partial charge in [-0.1, -0.05) is 20.4 Å². The summed E-state index contributed by atoms with van der Waals surface area (Å²) in [4.78, 5) is 22.3. The van der Waals surface area contributed by atoms with E-state index >= 15 is 0 Å². The summed E-state index contributed by atoms with van der Waals surface area (Å²) in [7, 11) is 0. The highest BCUT2D eigenvalue weighted by molar-refractivity contribution is 5.92. The molecule has 1 aliphatic rings. The zero-order valence-corrected chi connectivity index (χ0v) is 8.00. The van der Waals surface area contributed by atoms with Crippen molar-refractivity contribution < 1.29 is 14.3 Å². The van der Waals surface area contributed by atoms with Crippen molar-refractivity contribution in [3.8, 4) is 0 Å². The number of hydrogen-bond acceptors (Lipinski definition) is 3. The van der Waals surface area contributed by atoms with E-state index in [0.29, 0.717) is 6.61 Å². The summed E-state index contributed by atoms with van der Waals surface area (Å²) in [6.07, 6.45) is 1.47. The molecular formula is C10H14O3. The third-order valence-electron chi connectivity index (χ3n) is 2.45. The Morgan fingerprint density at radius 2 is 2.38 bits per heavy atom. The second-order valence-electron chi connectivity index (χ2n) is 4.02. The van der Waals surface area contributed by atoms with Gasteiger partial charge in [0.25, 0.3) is 0 Å². The van der Waals surface area contributed by atoms with Gasteiger partial charge < -0.3 is 4.74 Å². The van der Waals surface area contributed by atoms with Crippen LogP contribution >= 0.6 is 0 Å². The number of ether oxygens (including phenoxy) is 1. The Labute approximate surface area is 77.8 Å². The van der Waals surface area contributed by atoms with Gasteiger partial charge >= 0.3 is 5.97 Å². The summed E-state index contributed by atoms with van der Waals surface area (Å²) in [5.74, 6) is -0.671. The molecule has 1 rings (SSSR count). The van der Waals surface area contributed by atoms with E-state index in [4.69, 9.17) is 4.74 Å². The van der Waals surface area contributed by atoms with Crippen molar-refractivity contribution in [1.82, 2.24) is 0 Å². The Morgan fingerprint density at radius 1 is 1.77 bits per heavy atom. The second-order valence-corrected chi connectivity index (χ2v) is 4.02. The molecule has 1 atom stereocenters. The standard InChI is InChI=1S/C10H14O3/c1-4-7(11)5-8-9(12)13-6-10(8,2)3/h4,8H,1,5-6H2,2-3H3/t8-/m0/s1. The summed E-state index contributed by atoms with van der Waals surface area (Å²) in [6, 6.07) is 0. The Hall–Kier alpha value is -1.12. The van der Waals surface area contributed by atoms with Crippen molar-refractivity contribution >= 4 is 11.8 Å². The van der Waals surface area contributed by atoms with E-state index in [1.165, 1.54) is 6.08 Å². The molecule has 0 saturated carbocycles. The molecule has 1 saturated heterocycles. The zero-order valence-electron chi connectivity index (χ0n) is 8.00. The lowest BCUT2D eigenvalue weighted by Gasteiger charge is -2.20.